The van der Waals surface area contributed by atoms with Crippen molar-refractivity contribution in [1.29, 1.82) is 0 Å². The minimum Gasteiger partial charge on any atom is -0.325 e. The smallest absolute Gasteiger partial charge is 0.161 e. The topological polar surface area (TPSA) is 47.7 Å². The second kappa shape index (κ2) is 3.45. The van der Waals surface area contributed by atoms with Gasteiger partial charge >= 0.3 is 0 Å². The van der Waals surface area contributed by atoms with Gasteiger partial charge in [0.05, 0.1) is 11.4 Å². The molecule has 3 heterocycles. The second-order valence-electron chi connectivity index (χ2n) is 4.05. The molecular formula is C11H15N5. The van der Waals surface area contributed by atoms with Crippen LogP contribution in [0.15, 0.2) is 12.3 Å². The number of nitrogens with zero attached hydrogens (tertiary/aromatic N) is 4. The van der Waals surface area contributed by atoms with Crippen molar-refractivity contribution < 1.29 is 0 Å². The number of nitrogens with one attached hydrogen (secondary N) is 1. The van der Waals surface area contributed by atoms with E-state index in [2.05, 4.69) is 26.9 Å². The van der Waals surface area contributed by atoms with Crippen LogP contribution in [0.3, 0.4) is 0 Å². The lowest BCUT2D eigenvalue weighted by atomic mass is 10.4. The number of aromatic nitrogens is 4. The Labute approximate surface area is 94.1 Å². The molecule has 0 bridgehead atoms. The van der Waals surface area contributed by atoms with Gasteiger partial charge in [-0.3, -0.25) is 4.68 Å². The average molecular weight is 217 g/mol. The number of rotatable bonds is 2. The van der Waals surface area contributed by atoms with E-state index in [0.29, 0.717) is 0 Å². The monoisotopic (exact) mass is 217 g/mol. The van der Waals surface area contributed by atoms with Gasteiger partial charge in [0.1, 0.15) is 5.69 Å². The van der Waals surface area contributed by atoms with Crippen molar-refractivity contribution in [3.05, 3.63) is 23.7 Å². The molecule has 84 valence electrons. The van der Waals surface area contributed by atoms with E-state index in [9.17, 15) is 0 Å². The molecule has 0 atom stereocenters. The molecule has 0 saturated heterocycles. The summed E-state index contributed by atoms with van der Waals surface area (Å²) in [5, 5.41) is 7.73. The summed E-state index contributed by atoms with van der Waals surface area (Å²) in [6, 6.07) is 2.01. The van der Waals surface area contributed by atoms with Gasteiger partial charge in [0.25, 0.3) is 0 Å². The largest absolute Gasteiger partial charge is 0.325 e. The molecule has 0 radical (unpaired) electrons. The quantitative estimate of drug-likeness (QED) is 0.813. The van der Waals surface area contributed by atoms with Crippen LogP contribution in [0.5, 0.6) is 0 Å². The third kappa shape index (κ3) is 1.28. The molecule has 1 aliphatic rings. The fourth-order valence-corrected chi connectivity index (χ4v) is 2.25. The molecule has 5 heteroatoms. The SMILES string of the molecule is CCn1c(-c2ccn(C)n2)nc2c1CNC2. The molecule has 2 aromatic heterocycles. The molecule has 1 aliphatic heterocycles. The summed E-state index contributed by atoms with van der Waals surface area (Å²) in [5.41, 5.74) is 3.43. The highest BCUT2D eigenvalue weighted by Crippen LogP contribution is 2.23. The first kappa shape index (κ1) is 9.59. The van der Waals surface area contributed by atoms with Gasteiger partial charge < -0.3 is 9.88 Å². The molecular weight excluding hydrogens is 202 g/mol. The van der Waals surface area contributed by atoms with Crippen LogP contribution >= 0.6 is 0 Å². The Balaban J connectivity index is 2.14. The van der Waals surface area contributed by atoms with Gasteiger partial charge in [-0.05, 0) is 13.0 Å². The first-order valence-corrected chi connectivity index (χ1v) is 5.58. The maximum Gasteiger partial charge on any atom is 0.161 e. The van der Waals surface area contributed by atoms with Crippen molar-refractivity contribution in [3.63, 3.8) is 0 Å². The fourth-order valence-electron chi connectivity index (χ4n) is 2.25. The average Bonchev–Trinajstić information content (AvgIpc) is 2.90. The Kier molecular flexibility index (Phi) is 2.07. The van der Waals surface area contributed by atoms with Crippen LogP contribution in [-0.4, -0.2) is 19.3 Å². The van der Waals surface area contributed by atoms with Crippen molar-refractivity contribution in [1.82, 2.24) is 24.6 Å². The summed E-state index contributed by atoms with van der Waals surface area (Å²) in [6.45, 7) is 4.88. The Morgan fingerprint density at radius 3 is 3.00 bits per heavy atom. The predicted molar refractivity (Wildman–Crippen MR) is 60.6 cm³/mol. The summed E-state index contributed by atoms with van der Waals surface area (Å²) in [4.78, 5) is 4.67. The zero-order valence-electron chi connectivity index (χ0n) is 9.56. The molecule has 0 unspecified atom stereocenters. The lowest BCUT2D eigenvalue weighted by Gasteiger charge is -2.05. The van der Waals surface area contributed by atoms with Crippen molar-refractivity contribution >= 4 is 0 Å². The van der Waals surface area contributed by atoms with Crippen LogP contribution in [0.25, 0.3) is 11.5 Å². The van der Waals surface area contributed by atoms with E-state index in [0.717, 1.165) is 31.2 Å². The molecule has 1 N–H and O–H groups in total. The van der Waals surface area contributed by atoms with Gasteiger partial charge in [-0.2, -0.15) is 5.10 Å². The molecule has 0 aliphatic carbocycles. The second-order valence-corrected chi connectivity index (χ2v) is 4.05. The minimum absolute atomic E-state index is 0.877. The van der Waals surface area contributed by atoms with Crippen LogP contribution in [0, 0.1) is 0 Å². The summed E-state index contributed by atoms with van der Waals surface area (Å²) in [6.07, 6.45) is 1.95. The lowest BCUT2D eigenvalue weighted by molar-refractivity contribution is 0.673. The Morgan fingerprint density at radius 1 is 1.44 bits per heavy atom. The van der Waals surface area contributed by atoms with E-state index in [-0.39, 0.29) is 0 Å². The zero-order chi connectivity index (χ0) is 11.1. The van der Waals surface area contributed by atoms with E-state index in [1.165, 1.54) is 11.4 Å². The molecule has 0 fully saturated rings. The normalized spacial score (nSPS) is 14.4. The van der Waals surface area contributed by atoms with Crippen LogP contribution in [-0.2, 0) is 26.7 Å². The highest BCUT2D eigenvalue weighted by molar-refractivity contribution is 5.51. The maximum absolute atomic E-state index is 4.67. The first-order valence-electron chi connectivity index (χ1n) is 5.58. The van der Waals surface area contributed by atoms with Crippen molar-refractivity contribution in [2.75, 3.05) is 0 Å². The van der Waals surface area contributed by atoms with Crippen molar-refractivity contribution in [2.24, 2.45) is 7.05 Å². The Bertz CT molecular complexity index is 522. The molecule has 0 saturated carbocycles. The van der Waals surface area contributed by atoms with Crippen LogP contribution in [0.2, 0.25) is 0 Å². The summed E-state index contributed by atoms with van der Waals surface area (Å²) in [7, 11) is 1.93. The number of hydrogen-bond acceptors (Lipinski definition) is 3. The van der Waals surface area contributed by atoms with E-state index in [1.807, 2.05) is 24.0 Å². The van der Waals surface area contributed by atoms with Gasteiger partial charge in [-0.1, -0.05) is 0 Å². The number of fused-ring (bicyclic) bond motifs is 1. The van der Waals surface area contributed by atoms with Crippen LogP contribution in [0.4, 0.5) is 0 Å². The standard InChI is InChI=1S/C11H15N5/c1-3-16-10-7-12-6-9(10)13-11(16)8-4-5-15(2)14-8/h4-5,12H,3,6-7H2,1-2H3. The van der Waals surface area contributed by atoms with Gasteiger partial charge in [-0.15, -0.1) is 0 Å². The van der Waals surface area contributed by atoms with Crippen molar-refractivity contribution in [2.45, 2.75) is 26.6 Å². The third-order valence-electron chi connectivity index (χ3n) is 3.00. The minimum atomic E-state index is 0.877. The Morgan fingerprint density at radius 2 is 2.31 bits per heavy atom. The van der Waals surface area contributed by atoms with Crippen LogP contribution in [0.1, 0.15) is 18.3 Å². The van der Waals surface area contributed by atoms with E-state index in [4.69, 9.17) is 0 Å². The first-order chi connectivity index (χ1) is 7.79. The molecule has 2 aromatic rings. The summed E-state index contributed by atoms with van der Waals surface area (Å²) < 4.78 is 4.06. The molecule has 5 nitrogen and oxygen atoms in total. The highest BCUT2D eigenvalue weighted by Gasteiger charge is 2.21. The lowest BCUT2D eigenvalue weighted by Crippen LogP contribution is -2.08. The molecule has 0 amide bonds. The van der Waals surface area contributed by atoms with Gasteiger partial charge in [-0.25, -0.2) is 4.98 Å². The van der Waals surface area contributed by atoms with E-state index < -0.39 is 0 Å². The van der Waals surface area contributed by atoms with E-state index >= 15 is 0 Å². The zero-order valence-corrected chi connectivity index (χ0v) is 9.56. The molecule has 0 spiro atoms. The van der Waals surface area contributed by atoms with E-state index in [1.54, 1.807) is 0 Å². The highest BCUT2D eigenvalue weighted by atomic mass is 15.3. The molecule has 3 rings (SSSR count). The van der Waals surface area contributed by atoms with Crippen LogP contribution < -0.4 is 5.32 Å². The predicted octanol–water partition coefficient (Wildman–Crippen LogP) is 0.907. The molecule has 16 heavy (non-hydrogen) atoms. The number of aryl methyl sites for hydroxylation is 1. The van der Waals surface area contributed by atoms with Crippen molar-refractivity contribution in [3.8, 4) is 11.5 Å². The fraction of sp³-hybridized carbons (Fsp3) is 0.455. The van der Waals surface area contributed by atoms with Gasteiger partial charge in [0.2, 0.25) is 0 Å². The third-order valence-corrected chi connectivity index (χ3v) is 3.00. The number of hydrogen-bond donors (Lipinski definition) is 1. The molecule has 0 aromatic carbocycles. The summed E-state index contributed by atoms with van der Waals surface area (Å²) in [5.74, 6) is 0.995. The van der Waals surface area contributed by atoms with Gasteiger partial charge in [0, 0.05) is 32.9 Å². The summed E-state index contributed by atoms with van der Waals surface area (Å²) >= 11 is 0. The van der Waals surface area contributed by atoms with Gasteiger partial charge in [0.15, 0.2) is 5.82 Å². The Hall–Kier alpha value is -1.62. The maximum atomic E-state index is 4.67. The number of imidazole rings is 1.